The monoisotopic (exact) mass is 229 g/mol. The quantitative estimate of drug-likeness (QED) is 0.725. The van der Waals surface area contributed by atoms with E-state index in [4.69, 9.17) is 9.47 Å². The number of ether oxygens (including phenoxy) is 2. The SMILES string of the molecule is CNC(COCCOC)c1ccc(C)s1. The van der Waals surface area contributed by atoms with E-state index in [1.165, 1.54) is 9.75 Å². The molecule has 1 unspecified atom stereocenters. The Balaban J connectivity index is 2.35. The lowest BCUT2D eigenvalue weighted by molar-refractivity contribution is 0.0601. The number of thiophene rings is 1. The van der Waals surface area contributed by atoms with Crippen LogP contribution in [0.1, 0.15) is 15.8 Å². The summed E-state index contributed by atoms with van der Waals surface area (Å²) in [5.41, 5.74) is 0. The topological polar surface area (TPSA) is 30.5 Å². The van der Waals surface area contributed by atoms with Crippen molar-refractivity contribution in [2.75, 3.05) is 34.0 Å². The van der Waals surface area contributed by atoms with Crippen molar-refractivity contribution >= 4 is 11.3 Å². The number of rotatable bonds is 7. The van der Waals surface area contributed by atoms with Gasteiger partial charge in [0, 0.05) is 16.9 Å². The highest BCUT2D eigenvalue weighted by Crippen LogP contribution is 2.22. The van der Waals surface area contributed by atoms with Crippen molar-refractivity contribution in [1.82, 2.24) is 5.32 Å². The Morgan fingerprint density at radius 1 is 1.40 bits per heavy atom. The molecule has 1 N–H and O–H groups in total. The molecule has 0 amide bonds. The van der Waals surface area contributed by atoms with Gasteiger partial charge in [0.05, 0.1) is 25.9 Å². The van der Waals surface area contributed by atoms with Crippen LogP contribution >= 0.6 is 11.3 Å². The number of methoxy groups -OCH3 is 1. The van der Waals surface area contributed by atoms with Crippen LogP contribution in [-0.4, -0.2) is 34.0 Å². The van der Waals surface area contributed by atoms with E-state index < -0.39 is 0 Å². The van der Waals surface area contributed by atoms with Crippen molar-refractivity contribution < 1.29 is 9.47 Å². The van der Waals surface area contributed by atoms with Crippen LogP contribution in [0, 0.1) is 6.92 Å². The molecule has 0 saturated carbocycles. The highest BCUT2D eigenvalue weighted by Gasteiger charge is 2.10. The molecule has 15 heavy (non-hydrogen) atoms. The van der Waals surface area contributed by atoms with Crippen LogP contribution in [0.3, 0.4) is 0 Å². The predicted octanol–water partition coefficient (Wildman–Crippen LogP) is 1.98. The highest BCUT2D eigenvalue weighted by molar-refractivity contribution is 7.12. The van der Waals surface area contributed by atoms with Crippen molar-refractivity contribution in [2.45, 2.75) is 13.0 Å². The normalized spacial score (nSPS) is 13.0. The summed E-state index contributed by atoms with van der Waals surface area (Å²) in [6, 6.07) is 4.58. The Labute approximate surface area is 95.4 Å². The predicted molar refractivity (Wildman–Crippen MR) is 63.6 cm³/mol. The molecule has 0 aromatic carbocycles. The fourth-order valence-corrected chi connectivity index (χ4v) is 2.26. The van der Waals surface area contributed by atoms with E-state index in [9.17, 15) is 0 Å². The summed E-state index contributed by atoms with van der Waals surface area (Å²) in [5.74, 6) is 0. The minimum Gasteiger partial charge on any atom is -0.382 e. The molecule has 0 bridgehead atoms. The van der Waals surface area contributed by atoms with Gasteiger partial charge in [0.1, 0.15) is 0 Å². The number of likely N-dealkylation sites (N-methyl/N-ethyl adjacent to an activating group) is 1. The number of aryl methyl sites for hydroxylation is 1. The first kappa shape index (κ1) is 12.6. The maximum atomic E-state index is 5.51. The van der Waals surface area contributed by atoms with Crippen molar-refractivity contribution in [2.24, 2.45) is 0 Å². The summed E-state index contributed by atoms with van der Waals surface area (Å²) in [5, 5.41) is 3.25. The largest absolute Gasteiger partial charge is 0.382 e. The zero-order chi connectivity index (χ0) is 11.1. The minimum absolute atomic E-state index is 0.292. The smallest absolute Gasteiger partial charge is 0.0701 e. The van der Waals surface area contributed by atoms with Gasteiger partial charge in [-0.25, -0.2) is 0 Å². The minimum atomic E-state index is 0.292. The van der Waals surface area contributed by atoms with E-state index in [1.54, 1.807) is 7.11 Å². The van der Waals surface area contributed by atoms with E-state index in [2.05, 4.69) is 24.4 Å². The van der Waals surface area contributed by atoms with Gasteiger partial charge in [-0.2, -0.15) is 0 Å². The zero-order valence-corrected chi connectivity index (χ0v) is 10.4. The molecule has 0 spiro atoms. The van der Waals surface area contributed by atoms with Gasteiger partial charge in [-0.1, -0.05) is 0 Å². The summed E-state index contributed by atoms with van der Waals surface area (Å²) in [7, 11) is 3.64. The average molecular weight is 229 g/mol. The van der Waals surface area contributed by atoms with E-state index in [1.807, 2.05) is 18.4 Å². The van der Waals surface area contributed by atoms with Crippen LogP contribution in [-0.2, 0) is 9.47 Å². The van der Waals surface area contributed by atoms with Crippen molar-refractivity contribution in [3.63, 3.8) is 0 Å². The number of hydrogen-bond donors (Lipinski definition) is 1. The Bertz CT molecular complexity index is 275. The molecule has 0 aliphatic carbocycles. The van der Waals surface area contributed by atoms with Gasteiger partial charge in [0.15, 0.2) is 0 Å². The van der Waals surface area contributed by atoms with Crippen LogP contribution in [0.25, 0.3) is 0 Å². The summed E-state index contributed by atoms with van der Waals surface area (Å²) in [4.78, 5) is 2.66. The van der Waals surface area contributed by atoms with Gasteiger partial charge in [-0.05, 0) is 26.1 Å². The molecule has 4 heteroatoms. The molecule has 0 radical (unpaired) electrons. The molecule has 3 nitrogen and oxygen atoms in total. The van der Waals surface area contributed by atoms with E-state index >= 15 is 0 Å². The highest BCUT2D eigenvalue weighted by atomic mass is 32.1. The molecule has 0 saturated heterocycles. The third-order valence-electron chi connectivity index (χ3n) is 2.17. The van der Waals surface area contributed by atoms with Crippen LogP contribution in [0.4, 0.5) is 0 Å². The summed E-state index contributed by atoms with van der Waals surface area (Å²) in [6.07, 6.45) is 0. The van der Waals surface area contributed by atoms with Crippen molar-refractivity contribution in [3.8, 4) is 0 Å². The number of hydrogen-bond acceptors (Lipinski definition) is 4. The lowest BCUT2D eigenvalue weighted by Gasteiger charge is -2.14. The molecule has 0 aliphatic heterocycles. The van der Waals surface area contributed by atoms with Crippen molar-refractivity contribution in [3.05, 3.63) is 21.9 Å². The third-order valence-corrected chi connectivity index (χ3v) is 3.28. The molecule has 86 valence electrons. The summed E-state index contributed by atoms with van der Waals surface area (Å²) < 4.78 is 10.4. The van der Waals surface area contributed by atoms with Crippen LogP contribution in [0.2, 0.25) is 0 Å². The maximum absolute atomic E-state index is 5.51. The average Bonchev–Trinajstić information content (AvgIpc) is 2.65. The van der Waals surface area contributed by atoms with Gasteiger partial charge in [0.25, 0.3) is 0 Å². The van der Waals surface area contributed by atoms with Crippen LogP contribution in [0.5, 0.6) is 0 Å². The zero-order valence-electron chi connectivity index (χ0n) is 9.58. The van der Waals surface area contributed by atoms with Crippen molar-refractivity contribution in [1.29, 1.82) is 0 Å². The first-order valence-corrected chi connectivity index (χ1v) is 5.90. The lowest BCUT2D eigenvalue weighted by atomic mass is 10.2. The summed E-state index contributed by atoms with van der Waals surface area (Å²) >= 11 is 1.81. The second-order valence-corrected chi connectivity index (χ2v) is 4.68. The molecule has 1 atom stereocenters. The van der Waals surface area contributed by atoms with Gasteiger partial charge >= 0.3 is 0 Å². The molecular weight excluding hydrogens is 210 g/mol. The van der Waals surface area contributed by atoms with Gasteiger partial charge in [0.2, 0.25) is 0 Å². The molecule has 1 rings (SSSR count). The van der Waals surface area contributed by atoms with E-state index in [-0.39, 0.29) is 0 Å². The second-order valence-electron chi connectivity index (χ2n) is 3.36. The Morgan fingerprint density at radius 3 is 2.73 bits per heavy atom. The molecule has 1 aromatic heterocycles. The van der Waals surface area contributed by atoms with Gasteiger partial charge < -0.3 is 14.8 Å². The standard InChI is InChI=1S/C11H19NO2S/c1-9-4-5-11(15-9)10(12-2)8-14-7-6-13-3/h4-5,10,12H,6-8H2,1-3H3. The number of nitrogens with one attached hydrogen (secondary N) is 1. The second kappa shape index (κ2) is 6.95. The Morgan fingerprint density at radius 2 is 2.20 bits per heavy atom. The molecule has 1 aromatic rings. The first-order valence-electron chi connectivity index (χ1n) is 5.08. The Hall–Kier alpha value is -0.420. The molecular formula is C11H19NO2S. The molecule has 0 aliphatic rings. The van der Waals surface area contributed by atoms with Gasteiger partial charge in [-0.15, -0.1) is 11.3 Å². The lowest BCUT2D eigenvalue weighted by Crippen LogP contribution is -2.21. The third kappa shape index (κ3) is 4.30. The molecule has 0 fully saturated rings. The van der Waals surface area contributed by atoms with Crippen LogP contribution < -0.4 is 5.32 Å². The summed E-state index contributed by atoms with van der Waals surface area (Å²) in [6.45, 7) is 4.12. The molecule has 1 heterocycles. The Kier molecular flexibility index (Phi) is 5.86. The fraction of sp³-hybridized carbons (Fsp3) is 0.636. The van der Waals surface area contributed by atoms with E-state index in [0.29, 0.717) is 25.9 Å². The first-order chi connectivity index (χ1) is 7.27. The van der Waals surface area contributed by atoms with Gasteiger partial charge in [-0.3, -0.25) is 0 Å². The maximum Gasteiger partial charge on any atom is 0.0701 e. The van der Waals surface area contributed by atoms with Crippen LogP contribution in [0.15, 0.2) is 12.1 Å². The fourth-order valence-electron chi connectivity index (χ4n) is 1.29. The van der Waals surface area contributed by atoms with E-state index in [0.717, 1.165) is 0 Å².